The third kappa shape index (κ3) is 6.07. The summed E-state index contributed by atoms with van der Waals surface area (Å²) in [6.45, 7) is 4.22. The summed E-state index contributed by atoms with van der Waals surface area (Å²) in [6, 6.07) is 9.81. The van der Waals surface area contributed by atoms with E-state index < -0.39 is 0 Å². The van der Waals surface area contributed by atoms with Gasteiger partial charge in [0.25, 0.3) is 0 Å². The van der Waals surface area contributed by atoms with Crippen LogP contribution >= 0.6 is 24.8 Å². The maximum atomic E-state index is 12.6. The van der Waals surface area contributed by atoms with Crippen LogP contribution in [-0.4, -0.2) is 55.5 Å². The Kier molecular flexibility index (Phi) is 8.76. The number of anilines is 1. The number of carbonyl (C=O) groups is 2. The van der Waals surface area contributed by atoms with Crippen LogP contribution < -0.4 is 16.0 Å². The topological polar surface area (TPSA) is 73.5 Å². The first-order valence-corrected chi connectivity index (χ1v) is 10.2. The lowest BCUT2D eigenvalue weighted by Gasteiger charge is -2.32. The van der Waals surface area contributed by atoms with Gasteiger partial charge >= 0.3 is 0 Å². The summed E-state index contributed by atoms with van der Waals surface area (Å²) in [5.41, 5.74) is 1.13. The molecule has 0 aromatic heterocycles. The minimum absolute atomic E-state index is 0. The highest BCUT2D eigenvalue weighted by Crippen LogP contribution is 2.58. The number of piperidine rings is 2. The minimum Gasteiger partial charge on any atom is -0.353 e. The molecule has 4 rings (SSSR count). The molecular weight excluding hydrogens is 411 g/mol. The lowest BCUT2D eigenvalue weighted by molar-refractivity contribution is -0.124. The van der Waals surface area contributed by atoms with E-state index in [0.29, 0.717) is 12.0 Å². The zero-order chi connectivity index (χ0) is 18.7. The first-order valence-electron chi connectivity index (χ1n) is 10.2. The van der Waals surface area contributed by atoms with Gasteiger partial charge in [-0.3, -0.25) is 14.5 Å². The highest BCUT2D eigenvalue weighted by atomic mass is 35.5. The molecule has 0 bridgehead atoms. The van der Waals surface area contributed by atoms with Crippen LogP contribution in [0.15, 0.2) is 30.3 Å². The van der Waals surface area contributed by atoms with E-state index >= 15 is 0 Å². The Morgan fingerprint density at radius 1 is 1.07 bits per heavy atom. The lowest BCUT2D eigenvalue weighted by atomic mass is 9.91. The van der Waals surface area contributed by atoms with Crippen molar-refractivity contribution in [3.8, 4) is 0 Å². The first-order chi connectivity index (χ1) is 13.1. The maximum Gasteiger partial charge on any atom is 0.238 e. The van der Waals surface area contributed by atoms with Gasteiger partial charge in [0, 0.05) is 30.7 Å². The van der Waals surface area contributed by atoms with Gasteiger partial charge in [-0.25, -0.2) is 0 Å². The molecule has 1 spiro atoms. The summed E-state index contributed by atoms with van der Waals surface area (Å²) in [5, 5.41) is 9.60. The molecule has 29 heavy (non-hydrogen) atoms. The van der Waals surface area contributed by atoms with Crippen LogP contribution in [0.25, 0.3) is 0 Å². The Labute approximate surface area is 185 Å². The number of hydrogen-bond donors (Lipinski definition) is 3. The zero-order valence-electron chi connectivity index (χ0n) is 16.7. The number of nitrogens with zero attached hydrogens (tertiary/aromatic N) is 1. The van der Waals surface area contributed by atoms with Crippen LogP contribution in [0.1, 0.15) is 32.1 Å². The molecule has 3 fully saturated rings. The van der Waals surface area contributed by atoms with Gasteiger partial charge in [-0.2, -0.15) is 0 Å². The van der Waals surface area contributed by atoms with Gasteiger partial charge in [-0.05, 0) is 62.7 Å². The van der Waals surface area contributed by atoms with Crippen molar-refractivity contribution in [3.05, 3.63) is 30.3 Å². The first kappa shape index (κ1) is 23.9. The molecule has 2 amide bonds. The fourth-order valence-electron chi connectivity index (χ4n) is 4.66. The van der Waals surface area contributed by atoms with Crippen molar-refractivity contribution in [2.75, 3.05) is 38.0 Å². The van der Waals surface area contributed by atoms with E-state index in [4.69, 9.17) is 0 Å². The SMILES string of the molecule is Cl.Cl.O=C(CN1CCC(NC(=O)C2CC23CCNCC3)CC1)Nc1ccccc1. The Hall–Kier alpha value is -1.34. The molecule has 2 saturated heterocycles. The Balaban J connectivity index is 0.00000150. The van der Waals surface area contributed by atoms with Gasteiger partial charge in [0.1, 0.15) is 0 Å². The molecule has 1 aromatic rings. The summed E-state index contributed by atoms with van der Waals surface area (Å²) >= 11 is 0. The second kappa shape index (κ2) is 10.6. The average molecular weight is 443 g/mol. The molecule has 1 aromatic carbocycles. The van der Waals surface area contributed by atoms with Gasteiger partial charge in [0.15, 0.2) is 0 Å². The number of para-hydroxylation sites is 1. The van der Waals surface area contributed by atoms with E-state index in [1.165, 1.54) is 0 Å². The molecule has 2 heterocycles. The highest BCUT2D eigenvalue weighted by Gasteiger charge is 2.57. The largest absolute Gasteiger partial charge is 0.353 e. The fraction of sp³-hybridized carbons (Fsp3) is 0.619. The number of rotatable bonds is 5. The average Bonchev–Trinajstić information content (AvgIpc) is 3.37. The molecule has 162 valence electrons. The van der Waals surface area contributed by atoms with Crippen LogP contribution in [0, 0.1) is 11.3 Å². The smallest absolute Gasteiger partial charge is 0.238 e. The fourth-order valence-corrected chi connectivity index (χ4v) is 4.66. The molecule has 0 radical (unpaired) electrons. The second-order valence-electron chi connectivity index (χ2n) is 8.34. The third-order valence-electron chi connectivity index (χ3n) is 6.46. The lowest BCUT2D eigenvalue weighted by Crippen LogP contribution is -2.47. The Morgan fingerprint density at radius 3 is 2.38 bits per heavy atom. The van der Waals surface area contributed by atoms with Crippen LogP contribution in [0.4, 0.5) is 5.69 Å². The zero-order valence-corrected chi connectivity index (χ0v) is 18.3. The van der Waals surface area contributed by atoms with Crippen molar-refractivity contribution < 1.29 is 9.59 Å². The predicted molar refractivity (Wildman–Crippen MR) is 120 cm³/mol. The van der Waals surface area contributed by atoms with Gasteiger partial charge in [0.2, 0.25) is 11.8 Å². The van der Waals surface area contributed by atoms with Crippen molar-refractivity contribution >= 4 is 42.3 Å². The van der Waals surface area contributed by atoms with E-state index in [-0.39, 0.29) is 48.6 Å². The number of amides is 2. The third-order valence-corrected chi connectivity index (χ3v) is 6.46. The van der Waals surface area contributed by atoms with E-state index in [2.05, 4.69) is 20.9 Å². The normalized spacial score (nSPS) is 23.4. The molecule has 6 nitrogen and oxygen atoms in total. The monoisotopic (exact) mass is 442 g/mol. The summed E-state index contributed by atoms with van der Waals surface area (Å²) < 4.78 is 0. The Morgan fingerprint density at radius 2 is 1.72 bits per heavy atom. The summed E-state index contributed by atoms with van der Waals surface area (Å²) in [6.07, 6.45) is 5.19. The number of halogens is 2. The highest BCUT2D eigenvalue weighted by molar-refractivity contribution is 5.92. The molecule has 3 N–H and O–H groups in total. The maximum absolute atomic E-state index is 12.6. The quantitative estimate of drug-likeness (QED) is 0.654. The minimum atomic E-state index is 0. The summed E-state index contributed by atoms with van der Waals surface area (Å²) in [5.74, 6) is 0.515. The van der Waals surface area contributed by atoms with Crippen molar-refractivity contribution in [2.45, 2.75) is 38.1 Å². The van der Waals surface area contributed by atoms with Gasteiger partial charge < -0.3 is 16.0 Å². The van der Waals surface area contributed by atoms with Crippen LogP contribution in [0.5, 0.6) is 0 Å². The van der Waals surface area contributed by atoms with Crippen LogP contribution in [0.2, 0.25) is 0 Å². The van der Waals surface area contributed by atoms with Crippen molar-refractivity contribution in [3.63, 3.8) is 0 Å². The molecule has 2 aliphatic heterocycles. The number of likely N-dealkylation sites (tertiary alicyclic amines) is 1. The van der Waals surface area contributed by atoms with Crippen molar-refractivity contribution in [2.24, 2.45) is 11.3 Å². The molecule has 8 heteroatoms. The van der Waals surface area contributed by atoms with Crippen molar-refractivity contribution in [1.29, 1.82) is 0 Å². The van der Waals surface area contributed by atoms with E-state index in [9.17, 15) is 9.59 Å². The molecule has 3 aliphatic rings. The number of benzene rings is 1. The van der Waals surface area contributed by atoms with E-state index in [1.54, 1.807) is 0 Å². The molecule has 1 unspecified atom stereocenters. The molecular formula is C21H32Cl2N4O2. The predicted octanol–water partition coefficient (Wildman–Crippen LogP) is 2.44. The molecule has 1 aliphatic carbocycles. The number of carbonyl (C=O) groups excluding carboxylic acids is 2. The number of nitrogens with one attached hydrogen (secondary N) is 3. The van der Waals surface area contributed by atoms with Gasteiger partial charge in [0.05, 0.1) is 6.54 Å². The van der Waals surface area contributed by atoms with Crippen LogP contribution in [-0.2, 0) is 9.59 Å². The Bertz CT molecular complexity index is 675. The number of hydrogen-bond acceptors (Lipinski definition) is 4. The second-order valence-corrected chi connectivity index (χ2v) is 8.34. The van der Waals surface area contributed by atoms with E-state index in [0.717, 1.165) is 64.0 Å². The molecule has 1 atom stereocenters. The van der Waals surface area contributed by atoms with Crippen LogP contribution in [0.3, 0.4) is 0 Å². The van der Waals surface area contributed by atoms with E-state index in [1.807, 2.05) is 30.3 Å². The standard InChI is InChI=1S/C21H30N4O2.2ClH/c26-19(23-16-4-2-1-3-5-16)15-25-12-6-17(7-13-25)24-20(27)18-14-21(18)8-10-22-11-9-21;;/h1-5,17-18,22H,6-15H2,(H,23,26)(H,24,27);2*1H. The molecule has 1 saturated carbocycles. The van der Waals surface area contributed by atoms with Crippen molar-refractivity contribution in [1.82, 2.24) is 15.5 Å². The van der Waals surface area contributed by atoms with Gasteiger partial charge in [-0.15, -0.1) is 24.8 Å². The van der Waals surface area contributed by atoms with Gasteiger partial charge in [-0.1, -0.05) is 18.2 Å². The summed E-state index contributed by atoms with van der Waals surface area (Å²) in [4.78, 5) is 27.0. The summed E-state index contributed by atoms with van der Waals surface area (Å²) in [7, 11) is 0.